The molecular weight excluding hydrogens is 829 g/mol. The highest BCUT2D eigenvalue weighted by Crippen LogP contribution is 2.14. The van der Waals surface area contributed by atoms with Crippen LogP contribution in [0.5, 0.6) is 0 Å². The van der Waals surface area contributed by atoms with Crippen LogP contribution in [0.3, 0.4) is 0 Å². The second-order valence-electron chi connectivity index (χ2n) is 18.5. The Labute approximate surface area is 414 Å². The number of unbranched alkanes of at least 4 members (excludes halogenated alkanes) is 25. The molecule has 384 valence electrons. The molecule has 0 aromatic heterocycles. The third-order valence-electron chi connectivity index (χ3n) is 11.8. The lowest BCUT2D eigenvalue weighted by atomic mass is 10.1. The van der Waals surface area contributed by atoms with Crippen molar-refractivity contribution in [3.05, 3.63) is 85.1 Å². The average Bonchev–Trinajstić information content (AvgIpc) is 3.33. The van der Waals surface area contributed by atoms with Gasteiger partial charge in [-0.15, -0.1) is 0 Å². The molecule has 0 heterocycles. The van der Waals surface area contributed by atoms with Crippen LogP contribution < -0.4 is 0 Å². The van der Waals surface area contributed by atoms with Crippen molar-refractivity contribution in [3.8, 4) is 0 Å². The third-order valence-corrected chi connectivity index (χ3v) is 11.8. The Morgan fingerprint density at radius 3 is 0.955 bits per heavy atom. The van der Waals surface area contributed by atoms with Gasteiger partial charge in [0.25, 0.3) is 0 Å². The van der Waals surface area contributed by atoms with E-state index in [4.69, 9.17) is 14.2 Å². The highest BCUT2D eigenvalue weighted by molar-refractivity contribution is 5.71. The van der Waals surface area contributed by atoms with Crippen LogP contribution >= 0.6 is 0 Å². The van der Waals surface area contributed by atoms with Gasteiger partial charge in [-0.2, -0.15) is 0 Å². The van der Waals surface area contributed by atoms with E-state index in [-0.39, 0.29) is 37.5 Å². The highest BCUT2D eigenvalue weighted by Gasteiger charge is 2.19. The van der Waals surface area contributed by atoms with Gasteiger partial charge in [-0.1, -0.05) is 215 Å². The summed E-state index contributed by atoms with van der Waals surface area (Å²) in [6, 6.07) is 0. The number of ether oxygens (including phenoxy) is 3. The van der Waals surface area contributed by atoms with Crippen molar-refractivity contribution in [1.82, 2.24) is 0 Å². The van der Waals surface area contributed by atoms with Gasteiger partial charge in [0, 0.05) is 19.3 Å². The Hall–Kier alpha value is -3.41. The minimum atomic E-state index is -0.811. The van der Waals surface area contributed by atoms with E-state index in [1.165, 1.54) is 135 Å². The number of carbonyl (C=O) groups excluding carboxylic acids is 3. The summed E-state index contributed by atoms with van der Waals surface area (Å²) in [6.07, 6.45) is 71.4. The summed E-state index contributed by atoms with van der Waals surface area (Å²) in [5, 5.41) is 0. The van der Waals surface area contributed by atoms with Crippen molar-refractivity contribution in [1.29, 1.82) is 0 Å². The standard InChI is InChI=1S/C61H104O6/c1-4-7-10-13-16-19-22-25-28-30-33-36-39-42-45-48-51-54-60(63)66-57-58(56-65-59(62)53-50-47-44-41-38-35-32-27-24-21-18-15-12-9-6-3)67-61(64)55-52-49-46-43-40-37-34-31-29-26-23-20-17-14-11-8-5-2/h17,20-21,24-26,28-29,33-34,36-37,42,45,58H,4-16,18-19,22-23,27,30-32,35,38-41,43-44,46-57H2,1-3H3/b20-17-,24-21-,28-25-,29-26-,36-33-,37-34-,45-42-/t58-/m0/s1. The van der Waals surface area contributed by atoms with Gasteiger partial charge in [0.1, 0.15) is 13.2 Å². The molecule has 0 rings (SSSR count). The van der Waals surface area contributed by atoms with Gasteiger partial charge >= 0.3 is 17.9 Å². The minimum absolute atomic E-state index is 0.104. The molecule has 67 heavy (non-hydrogen) atoms. The molecule has 0 aromatic rings. The SMILES string of the molecule is CCCCC/C=C\C/C=C\C/C=C\CCCCCCC(=O)O[C@H](COC(=O)CCC/C=C\C/C=C\C/C=C\CCCCCCCC)COC(=O)CCCCCCCCC/C=C\CCCCCC. The summed E-state index contributed by atoms with van der Waals surface area (Å²) in [5.41, 5.74) is 0. The Morgan fingerprint density at radius 2 is 0.552 bits per heavy atom. The van der Waals surface area contributed by atoms with Gasteiger partial charge < -0.3 is 14.2 Å². The number of allylic oxidation sites excluding steroid dienone is 14. The van der Waals surface area contributed by atoms with Crippen molar-refractivity contribution >= 4 is 17.9 Å². The maximum Gasteiger partial charge on any atom is 0.306 e. The van der Waals surface area contributed by atoms with Gasteiger partial charge in [-0.25, -0.2) is 0 Å². The first kappa shape index (κ1) is 63.6. The van der Waals surface area contributed by atoms with E-state index in [2.05, 4.69) is 106 Å². The largest absolute Gasteiger partial charge is 0.462 e. The molecule has 0 saturated carbocycles. The van der Waals surface area contributed by atoms with E-state index >= 15 is 0 Å². The number of hydrogen-bond donors (Lipinski definition) is 0. The van der Waals surface area contributed by atoms with Crippen molar-refractivity contribution < 1.29 is 28.6 Å². The molecule has 6 heteroatoms. The van der Waals surface area contributed by atoms with Crippen LogP contribution in [0.15, 0.2) is 85.1 Å². The zero-order valence-corrected chi connectivity index (χ0v) is 43.9. The second-order valence-corrected chi connectivity index (χ2v) is 18.5. The fourth-order valence-electron chi connectivity index (χ4n) is 7.58. The summed E-state index contributed by atoms with van der Waals surface area (Å²) in [7, 11) is 0. The molecule has 0 saturated heterocycles. The van der Waals surface area contributed by atoms with Gasteiger partial charge in [0.2, 0.25) is 0 Å². The fourth-order valence-corrected chi connectivity index (χ4v) is 7.58. The molecule has 0 aromatic carbocycles. The lowest BCUT2D eigenvalue weighted by molar-refractivity contribution is -0.167. The molecule has 0 N–H and O–H groups in total. The Kier molecular flexibility index (Phi) is 52.4. The summed E-state index contributed by atoms with van der Waals surface area (Å²) in [4.78, 5) is 38.1. The molecule has 0 aliphatic rings. The molecule has 1 atom stereocenters. The first-order chi connectivity index (χ1) is 33.0. The number of hydrogen-bond acceptors (Lipinski definition) is 6. The summed E-state index contributed by atoms with van der Waals surface area (Å²) < 4.78 is 16.8. The maximum atomic E-state index is 12.8. The van der Waals surface area contributed by atoms with E-state index in [0.717, 1.165) is 83.5 Å². The van der Waals surface area contributed by atoms with Crippen molar-refractivity contribution in [2.45, 2.75) is 271 Å². The Morgan fingerprint density at radius 1 is 0.299 bits per heavy atom. The number of carbonyl (C=O) groups is 3. The molecule has 0 radical (unpaired) electrons. The lowest BCUT2D eigenvalue weighted by Crippen LogP contribution is -2.30. The van der Waals surface area contributed by atoms with Crippen molar-refractivity contribution in [2.24, 2.45) is 0 Å². The molecule has 0 aliphatic heterocycles. The summed E-state index contributed by atoms with van der Waals surface area (Å²) in [5.74, 6) is -0.981. The molecule has 0 aliphatic carbocycles. The molecule has 0 fully saturated rings. The molecule has 0 bridgehead atoms. The third kappa shape index (κ3) is 53.4. The first-order valence-electron chi connectivity index (χ1n) is 28.1. The van der Waals surface area contributed by atoms with Crippen LogP contribution in [0.25, 0.3) is 0 Å². The Bertz CT molecular complexity index is 1300. The minimum Gasteiger partial charge on any atom is -0.462 e. The van der Waals surface area contributed by atoms with Gasteiger partial charge in [-0.05, 0) is 116 Å². The maximum absolute atomic E-state index is 12.8. The van der Waals surface area contributed by atoms with Gasteiger partial charge in [0.15, 0.2) is 6.10 Å². The number of rotatable bonds is 50. The predicted molar refractivity (Wildman–Crippen MR) is 288 cm³/mol. The van der Waals surface area contributed by atoms with Crippen LogP contribution in [0.1, 0.15) is 265 Å². The smallest absolute Gasteiger partial charge is 0.306 e. The monoisotopic (exact) mass is 933 g/mol. The van der Waals surface area contributed by atoms with Crippen molar-refractivity contribution in [3.63, 3.8) is 0 Å². The van der Waals surface area contributed by atoms with E-state index in [1.54, 1.807) is 0 Å². The molecule has 0 unspecified atom stereocenters. The van der Waals surface area contributed by atoms with E-state index < -0.39 is 6.10 Å². The van der Waals surface area contributed by atoms with E-state index in [9.17, 15) is 14.4 Å². The van der Waals surface area contributed by atoms with E-state index in [0.29, 0.717) is 19.3 Å². The van der Waals surface area contributed by atoms with Crippen LogP contribution in [-0.4, -0.2) is 37.2 Å². The zero-order valence-electron chi connectivity index (χ0n) is 43.9. The van der Waals surface area contributed by atoms with Gasteiger partial charge in [0.05, 0.1) is 0 Å². The topological polar surface area (TPSA) is 78.9 Å². The normalized spacial score (nSPS) is 12.7. The van der Waals surface area contributed by atoms with Crippen LogP contribution in [0.2, 0.25) is 0 Å². The molecular formula is C61H104O6. The zero-order chi connectivity index (χ0) is 48.6. The average molecular weight is 933 g/mol. The quantitative estimate of drug-likeness (QED) is 0.0262. The lowest BCUT2D eigenvalue weighted by Gasteiger charge is -2.18. The van der Waals surface area contributed by atoms with E-state index in [1.807, 2.05) is 0 Å². The van der Waals surface area contributed by atoms with Crippen molar-refractivity contribution in [2.75, 3.05) is 13.2 Å². The molecule has 0 amide bonds. The second kappa shape index (κ2) is 55.2. The fraction of sp³-hybridized carbons (Fsp3) is 0.721. The predicted octanol–water partition coefficient (Wildman–Crippen LogP) is 18.8. The molecule has 6 nitrogen and oxygen atoms in total. The highest BCUT2D eigenvalue weighted by atomic mass is 16.6. The summed E-state index contributed by atoms with van der Waals surface area (Å²) >= 11 is 0. The van der Waals surface area contributed by atoms with Crippen LogP contribution in [0, 0.1) is 0 Å². The Balaban J connectivity index is 4.51. The number of esters is 3. The molecule has 0 spiro atoms. The first-order valence-corrected chi connectivity index (χ1v) is 28.1. The van der Waals surface area contributed by atoms with Gasteiger partial charge in [-0.3, -0.25) is 14.4 Å². The van der Waals surface area contributed by atoms with Crippen LogP contribution in [0.4, 0.5) is 0 Å². The van der Waals surface area contributed by atoms with Crippen LogP contribution in [-0.2, 0) is 28.6 Å². The summed E-state index contributed by atoms with van der Waals surface area (Å²) in [6.45, 7) is 6.53.